The Balaban J connectivity index is 1.57. The summed E-state index contributed by atoms with van der Waals surface area (Å²) in [5, 5.41) is 6.04. The number of benzene rings is 1. The zero-order valence-electron chi connectivity index (χ0n) is 19.4. The number of aromatic amines is 1. The molecule has 0 saturated heterocycles. The van der Waals surface area contributed by atoms with Crippen LogP contribution in [-0.4, -0.2) is 33.8 Å². The molecule has 0 spiro atoms. The van der Waals surface area contributed by atoms with Crippen LogP contribution >= 0.6 is 11.6 Å². The summed E-state index contributed by atoms with van der Waals surface area (Å²) in [7, 11) is 1.62. The van der Waals surface area contributed by atoms with E-state index >= 15 is 0 Å². The van der Waals surface area contributed by atoms with Crippen LogP contribution in [0.2, 0.25) is 5.02 Å². The third kappa shape index (κ3) is 4.97. The lowest BCUT2D eigenvalue weighted by Crippen LogP contribution is -2.39. The number of aromatic nitrogens is 3. The summed E-state index contributed by atoms with van der Waals surface area (Å²) in [5.41, 5.74) is 2.86. The van der Waals surface area contributed by atoms with Gasteiger partial charge in [0.25, 0.3) is 0 Å². The van der Waals surface area contributed by atoms with E-state index in [0.29, 0.717) is 34.1 Å². The summed E-state index contributed by atoms with van der Waals surface area (Å²) >= 11 is 6.51. The molecule has 0 fully saturated rings. The van der Waals surface area contributed by atoms with Gasteiger partial charge in [-0.3, -0.25) is 9.59 Å². The van der Waals surface area contributed by atoms with Crippen molar-refractivity contribution in [2.75, 3.05) is 7.05 Å². The standard InChI is InChI=1S/C25H26ClN5O3/c1-14(32)31-25(2,3)17-8-10-18(11-9-17)34-24-28-20-13-19(26)21(29-22(20)30-24)15-6-5-7-16(12-15)23(33)27-4/h5-6,8-13,16H,7H2,1-4H3,(H,27,33)(H,31,32)(H,28,29,30). The molecule has 1 aliphatic carbocycles. The van der Waals surface area contributed by atoms with Crippen LogP contribution < -0.4 is 15.4 Å². The summed E-state index contributed by atoms with van der Waals surface area (Å²) in [5.74, 6) is 0.164. The number of amides is 2. The minimum absolute atomic E-state index is 0.0546. The molecule has 176 valence electrons. The van der Waals surface area contributed by atoms with E-state index in [1.807, 2.05) is 56.3 Å². The topological polar surface area (TPSA) is 109 Å². The first-order valence-corrected chi connectivity index (χ1v) is 11.3. The number of allylic oxidation sites excluding steroid dienone is 3. The number of nitrogens with zero attached hydrogens (tertiary/aromatic N) is 2. The van der Waals surface area contributed by atoms with E-state index in [9.17, 15) is 9.59 Å². The first-order valence-electron chi connectivity index (χ1n) is 10.9. The van der Waals surface area contributed by atoms with Crippen LogP contribution in [0.1, 0.15) is 38.4 Å². The molecule has 0 saturated carbocycles. The lowest BCUT2D eigenvalue weighted by molar-refractivity contribution is -0.123. The highest BCUT2D eigenvalue weighted by molar-refractivity contribution is 6.32. The fraction of sp³-hybridized carbons (Fsp3) is 0.280. The second-order valence-corrected chi connectivity index (χ2v) is 9.05. The SMILES string of the molecule is CNC(=O)C1C=C(c2nc3nc(Oc4ccc(C(C)(C)NC(C)=O)cc4)[nH]c3cc2Cl)C=CC1. The third-order valence-electron chi connectivity index (χ3n) is 5.61. The van der Waals surface area contributed by atoms with Crippen LogP contribution in [0.4, 0.5) is 0 Å². The molecular formula is C25H26ClN5O3. The van der Waals surface area contributed by atoms with Gasteiger partial charge in [-0.2, -0.15) is 4.98 Å². The predicted octanol–water partition coefficient (Wildman–Crippen LogP) is 4.48. The Morgan fingerprint density at radius 1 is 1.21 bits per heavy atom. The Morgan fingerprint density at radius 3 is 2.62 bits per heavy atom. The number of ether oxygens (including phenoxy) is 1. The van der Waals surface area contributed by atoms with Gasteiger partial charge >= 0.3 is 6.01 Å². The lowest BCUT2D eigenvalue weighted by atomic mass is 9.93. The molecule has 2 amide bonds. The van der Waals surface area contributed by atoms with E-state index in [-0.39, 0.29) is 23.7 Å². The number of carbonyl (C=O) groups is 2. The van der Waals surface area contributed by atoms with Crippen molar-refractivity contribution in [2.24, 2.45) is 5.92 Å². The molecule has 0 radical (unpaired) electrons. The zero-order valence-corrected chi connectivity index (χ0v) is 20.2. The number of fused-ring (bicyclic) bond motifs is 1. The van der Waals surface area contributed by atoms with Gasteiger partial charge in [0.15, 0.2) is 5.65 Å². The summed E-state index contributed by atoms with van der Waals surface area (Å²) in [4.78, 5) is 35.6. The smallest absolute Gasteiger partial charge is 0.301 e. The molecular weight excluding hydrogens is 454 g/mol. The number of halogens is 1. The van der Waals surface area contributed by atoms with Crippen molar-refractivity contribution in [2.45, 2.75) is 32.7 Å². The second-order valence-electron chi connectivity index (χ2n) is 8.65. The molecule has 1 unspecified atom stereocenters. The first kappa shape index (κ1) is 23.5. The lowest BCUT2D eigenvalue weighted by Gasteiger charge is -2.26. The van der Waals surface area contributed by atoms with Crippen molar-refractivity contribution in [1.82, 2.24) is 25.6 Å². The molecule has 0 bridgehead atoms. The van der Waals surface area contributed by atoms with E-state index in [1.54, 1.807) is 13.1 Å². The molecule has 3 aromatic rings. The number of carbonyl (C=O) groups excluding carboxylic acids is 2. The average Bonchev–Trinajstić information content (AvgIpc) is 3.18. The first-order chi connectivity index (χ1) is 16.2. The summed E-state index contributed by atoms with van der Waals surface area (Å²) < 4.78 is 5.88. The Bertz CT molecular complexity index is 1310. The van der Waals surface area contributed by atoms with Crippen molar-refractivity contribution < 1.29 is 14.3 Å². The number of H-pyrrole nitrogens is 1. The third-order valence-corrected chi connectivity index (χ3v) is 5.90. The molecule has 1 aromatic carbocycles. The van der Waals surface area contributed by atoms with Crippen molar-refractivity contribution in [3.8, 4) is 11.8 Å². The van der Waals surface area contributed by atoms with Gasteiger partial charge in [0.2, 0.25) is 11.8 Å². The van der Waals surface area contributed by atoms with Gasteiger partial charge in [-0.15, -0.1) is 0 Å². The maximum Gasteiger partial charge on any atom is 0.301 e. The van der Waals surface area contributed by atoms with E-state index in [2.05, 4.69) is 25.6 Å². The summed E-state index contributed by atoms with van der Waals surface area (Å²) in [6.07, 6.45) is 6.35. The number of rotatable bonds is 6. The minimum Gasteiger partial charge on any atom is -0.426 e. The number of pyridine rings is 1. The van der Waals surface area contributed by atoms with Gasteiger partial charge in [-0.1, -0.05) is 42.0 Å². The number of nitrogens with one attached hydrogen (secondary N) is 3. The summed E-state index contributed by atoms with van der Waals surface area (Å²) in [6.45, 7) is 5.36. The molecule has 2 heterocycles. The zero-order chi connectivity index (χ0) is 24.5. The molecule has 1 aliphatic rings. The molecule has 8 nitrogen and oxygen atoms in total. The average molecular weight is 480 g/mol. The molecule has 9 heteroatoms. The van der Waals surface area contributed by atoms with Crippen molar-refractivity contribution in [3.63, 3.8) is 0 Å². The van der Waals surface area contributed by atoms with Gasteiger partial charge in [0.05, 0.1) is 27.7 Å². The molecule has 3 N–H and O–H groups in total. The van der Waals surface area contributed by atoms with Gasteiger partial charge in [-0.25, -0.2) is 4.98 Å². The minimum atomic E-state index is -0.500. The van der Waals surface area contributed by atoms with Gasteiger partial charge in [0, 0.05) is 14.0 Å². The van der Waals surface area contributed by atoms with Crippen LogP contribution in [0.5, 0.6) is 11.8 Å². The largest absolute Gasteiger partial charge is 0.426 e. The molecule has 0 aliphatic heterocycles. The second kappa shape index (κ2) is 9.30. The van der Waals surface area contributed by atoms with Gasteiger partial charge < -0.3 is 20.4 Å². The fourth-order valence-corrected chi connectivity index (χ4v) is 4.18. The van der Waals surface area contributed by atoms with Crippen molar-refractivity contribution in [1.29, 1.82) is 0 Å². The van der Waals surface area contributed by atoms with Gasteiger partial charge in [-0.05, 0) is 49.6 Å². The Hall–Kier alpha value is -3.65. The highest BCUT2D eigenvalue weighted by atomic mass is 35.5. The molecule has 1 atom stereocenters. The highest BCUT2D eigenvalue weighted by Gasteiger charge is 2.22. The van der Waals surface area contributed by atoms with E-state index in [0.717, 1.165) is 11.1 Å². The highest BCUT2D eigenvalue weighted by Crippen LogP contribution is 2.32. The fourth-order valence-electron chi connectivity index (χ4n) is 3.92. The maximum absolute atomic E-state index is 12.0. The van der Waals surface area contributed by atoms with Crippen molar-refractivity contribution in [3.05, 3.63) is 64.8 Å². The van der Waals surface area contributed by atoms with E-state index < -0.39 is 5.54 Å². The Labute approximate surface area is 202 Å². The number of hydrogen-bond donors (Lipinski definition) is 3. The van der Waals surface area contributed by atoms with Gasteiger partial charge in [0.1, 0.15) is 5.75 Å². The molecule has 34 heavy (non-hydrogen) atoms. The Kier molecular flexibility index (Phi) is 6.43. The van der Waals surface area contributed by atoms with E-state index in [4.69, 9.17) is 16.3 Å². The quantitative estimate of drug-likeness (QED) is 0.483. The Morgan fingerprint density at radius 2 is 1.94 bits per heavy atom. The van der Waals surface area contributed by atoms with Crippen LogP contribution in [0, 0.1) is 5.92 Å². The van der Waals surface area contributed by atoms with E-state index in [1.165, 1.54) is 6.92 Å². The number of hydrogen-bond acceptors (Lipinski definition) is 5. The molecule has 4 rings (SSSR count). The predicted molar refractivity (Wildman–Crippen MR) is 132 cm³/mol. The summed E-state index contributed by atoms with van der Waals surface area (Å²) in [6, 6.07) is 9.44. The molecule has 2 aromatic heterocycles. The van der Waals surface area contributed by atoms with Crippen LogP contribution in [0.3, 0.4) is 0 Å². The van der Waals surface area contributed by atoms with Crippen LogP contribution in [-0.2, 0) is 15.1 Å². The maximum atomic E-state index is 12.0. The van der Waals surface area contributed by atoms with Crippen LogP contribution in [0.25, 0.3) is 16.7 Å². The van der Waals surface area contributed by atoms with Crippen molar-refractivity contribution >= 4 is 40.2 Å². The monoisotopic (exact) mass is 479 g/mol. The normalized spacial score (nSPS) is 15.7. The number of imidazole rings is 1. The van der Waals surface area contributed by atoms with Crippen LogP contribution in [0.15, 0.2) is 48.6 Å².